The van der Waals surface area contributed by atoms with Crippen molar-refractivity contribution < 1.29 is 37.5 Å². The molecule has 2 saturated heterocycles. The van der Waals surface area contributed by atoms with E-state index in [2.05, 4.69) is 26.0 Å². The van der Waals surface area contributed by atoms with Crippen molar-refractivity contribution in [2.24, 2.45) is 18.9 Å². The third kappa shape index (κ3) is 7.36. The Morgan fingerprint density at radius 1 is 1.14 bits per heavy atom. The maximum atomic E-state index is 13.7. The van der Waals surface area contributed by atoms with Crippen LogP contribution in [-0.4, -0.2) is 104 Å². The summed E-state index contributed by atoms with van der Waals surface area (Å²) in [7, 11) is 1.41. The fourth-order valence-electron chi connectivity index (χ4n) is 6.35. The fourth-order valence-corrected chi connectivity index (χ4v) is 6.35. The molecule has 1 aliphatic carbocycles. The summed E-state index contributed by atoms with van der Waals surface area (Å²) < 4.78 is 43.1. The van der Waals surface area contributed by atoms with Crippen LogP contribution in [0.15, 0.2) is 30.6 Å². The molecule has 18 heteroatoms. The highest BCUT2D eigenvalue weighted by molar-refractivity contribution is 6.03. The van der Waals surface area contributed by atoms with Gasteiger partial charge in [0, 0.05) is 69.8 Å². The number of aryl methyl sites for hydroxylation is 1. The lowest BCUT2D eigenvalue weighted by atomic mass is 10.0. The molecule has 2 unspecified atom stereocenters. The molecule has 6 rings (SSSR count). The van der Waals surface area contributed by atoms with Gasteiger partial charge in [0.2, 0.25) is 0 Å². The molecule has 260 valence electrons. The third-order valence-corrected chi connectivity index (χ3v) is 8.94. The second kappa shape index (κ2) is 14.4. The zero-order valence-electron chi connectivity index (χ0n) is 26.7. The van der Waals surface area contributed by atoms with Gasteiger partial charge < -0.3 is 35.4 Å². The van der Waals surface area contributed by atoms with Crippen molar-refractivity contribution in [2.45, 2.75) is 32.1 Å². The van der Waals surface area contributed by atoms with Crippen LogP contribution in [0.4, 0.5) is 23.7 Å². The summed E-state index contributed by atoms with van der Waals surface area (Å²) in [6, 6.07) is 6.82. The number of benzene rings is 1. The molecule has 1 aromatic carbocycles. The van der Waals surface area contributed by atoms with Crippen LogP contribution in [0.5, 0.6) is 0 Å². The Morgan fingerprint density at radius 3 is 2.41 bits per heavy atom. The minimum Gasteiger partial charge on any atom is -0.483 e. The first-order chi connectivity index (χ1) is 23.4. The normalized spacial score (nSPS) is 19.6. The molecule has 3 aromatic rings. The molecule has 3 aliphatic rings. The van der Waals surface area contributed by atoms with Crippen molar-refractivity contribution >= 4 is 30.0 Å². The lowest BCUT2D eigenvalue weighted by Crippen LogP contribution is -2.54. The van der Waals surface area contributed by atoms with Crippen molar-refractivity contribution in [3.63, 3.8) is 0 Å². The Balaban J connectivity index is 0.00000151. The number of aromatic nitrogens is 4. The Hall–Kier alpha value is -5.44. The number of fused-ring (bicyclic) bond motifs is 1. The summed E-state index contributed by atoms with van der Waals surface area (Å²) in [4.78, 5) is 55.2. The molecule has 0 bridgehead atoms. The number of hydrogen-bond donors (Lipinski definition) is 4. The molecule has 2 atom stereocenters. The molecule has 0 spiro atoms. The number of carbonyl (C=O) groups is 4. The number of piperazine rings is 1. The first-order valence-electron chi connectivity index (χ1n) is 15.5. The van der Waals surface area contributed by atoms with Crippen LogP contribution >= 0.6 is 0 Å². The third-order valence-electron chi connectivity index (χ3n) is 8.94. The number of piperidine rings is 1. The second-order valence-electron chi connectivity index (χ2n) is 11.8. The smallest absolute Gasteiger partial charge is 0.435 e. The quantitative estimate of drug-likeness (QED) is 0.270. The number of hydrogen-bond acceptors (Lipinski definition) is 8. The molecule has 3 fully saturated rings. The molecule has 49 heavy (non-hydrogen) atoms. The van der Waals surface area contributed by atoms with E-state index >= 15 is 0 Å². The van der Waals surface area contributed by atoms with Gasteiger partial charge in [0.25, 0.3) is 18.3 Å². The summed E-state index contributed by atoms with van der Waals surface area (Å²) in [6.45, 7) is 4.81. The zero-order chi connectivity index (χ0) is 35.5. The monoisotopic (exact) mass is 684 g/mol. The van der Waals surface area contributed by atoms with E-state index in [9.17, 15) is 27.6 Å². The number of halogens is 3. The van der Waals surface area contributed by atoms with Crippen molar-refractivity contribution in [3.8, 4) is 17.3 Å². The Morgan fingerprint density at radius 2 is 1.80 bits per heavy atom. The number of nitrogens with one attached hydrogen (secondary N) is 3. The lowest BCUT2D eigenvalue weighted by Gasteiger charge is -2.35. The summed E-state index contributed by atoms with van der Waals surface area (Å²) in [5.41, 5.74) is 0.0943. The summed E-state index contributed by atoms with van der Waals surface area (Å²) in [6.07, 6.45) is -2.03. The van der Waals surface area contributed by atoms with Crippen LogP contribution in [0.25, 0.3) is 11.3 Å². The Labute approximate surface area is 278 Å². The molecule has 4 heterocycles. The molecule has 2 aromatic heterocycles. The average Bonchev–Trinajstić information content (AvgIpc) is 3.51. The van der Waals surface area contributed by atoms with Crippen LogP contribution in [0, 0.1) is 23.2 Å². The molecular formula is C31H35F3N10O5. The van der Waals surface area contributed by atoms with E-state index in [1.54, 1.807) is 34.1 Å². The maximum absolute atomic E-state index is 13.7. The van der Waals surface area contributed by atoms with Crippen LogP contribution in [0.3, 0.4) is 0 Å². The number of urea groups is 1. The summed E-state index contributed by atoms with van der Waals surface area (Å²) >= 11 is 0. The second-order valence-corrected chi connectivity index (χ2v) is 11.8. The van der Waals surface area contributed by atoms with Gasteiger partial charge in [0.05, 0.1) is 23.5 Å². The van der Waals surface area contributed by atoms with Crippen molar-refractivity contribution in [2.75, 3.05) is 44.6 Å². The number of anilines is 1. The van der Waals surface area contributed by atoms with Gasteiger partial charge >= 0.3 is 12.2 Å². The average molecular weight is 685 g/mol. The highest BCUT2D eigenvalue weighted by Crippen LogP contribution is 2.41. The highest BCUT2D eigenvalue weighted by Gasteiger charge is 2.54. The Bertz CT molecular complexity index is 1760. The number of nitrogens with zero attached hydrogens (tertiary/aromatic N) is 7. The van der Waals surface area contributed by atoms with Gasteiger partial charge in [0.15, 0.2) is 11.5 Å². The van der Waals surface area contributed by atoms with Crippen molar-refractivity contribution in [1.29, 1.82) is 5.26 Å². The van der Waals surface area contributed by atoms with E-state index in [-0.39, 0.29) is 48.1 Å². The fraction of sp³-hybridized carbons (Fsp3) is 0.452. The first kappa shape index (κ1) is 34.9. The maximum Gasteiger partial charge on any atom is 0.435 e. The van der Waals surface area contributed by atoms with E-state index in [1.165, 1.54) is 11.6 Å². The standard InChI is InChI=1S/C30H33F3N10O3.CH2O2/c1-3-17-12-18(37-27(44)26-36-15-23(40(26)2)22-16-43(7-6-34)39-25(22)30(31,32)33)4-5-19(17)28(45)41-8-10-42(11-9-41)29(46)38-24-20-13-35-14-21(20)24;2-1-3/h4-5,12,15-16,20-21,24,35H,3,7-11,13-14H2,1-2H3,(H,37,44)(H,38,46);1H,(H,2,3). The van der Waals surface area contributed by atoms with Gasteiger partial charge in [-0.25, -0.2) is 9.78 Å². The van der Waals surface area contributed by atoms with Gasteiger partial charge in [-0.05, 0) is 42.0 Å². The van der Waals surface area contributed by atoms with Gasteiger partial charge in [-0.2, -0.15) is 23.5 Å². The predicted octanol–water partition coefficient (Wildman–Crippen LogP) is 2.03. The zero-order valence-corrected chi connectivity index (χ0v) is 26.7. The van der Waals surface area contributed by atoms with E-state index in [0.717, 1.165) is 30.2 Å². The predicted molar refractivity (Wildman–Crippen MR) is 167 cm³/mol. The topological polar surface area (TPSA) is 191 Å². The van der Waals surface area contributed by atoms with Gasteiger partial charge in [-0.3, -0.25) is 19.1 Å². The van der Waals surface area contributed by atoms with E-state index < -0.39 is 17.8 Å². The molecule has 15 nitrogen and oxygen atoms in total. The SMILES string of the molecule is CCc1cc(NC(=O)c2ncc(-c3cn(CC#N)nc3C(F)(F)F)n2C)ccc1C(=O)N1CCN(C(=O)NC2C3CNCC32)CC1.O=CO. The van der Waals surface area contributed by atoms with E-state index in [0.29, 0.717) is 61.2 Å². The number of rotatable bonds is 7. The number of carbonyl (C=O) groups excluding carboxylic acids is 3. The summed E-state index contributed by atoms with van der Waals surface area (Å²) in [5, 5.41) is 28.4. The van der Waals surface area contributed by atoms with Gasteiger partial charge in [-0.15, -0.1) is 0 Å². The van der Waals surface area contributed by atoms with Gasteiger partial charge in [-0.1, -0.05) is 6.92 Å². The van der Waals surface area contributed by atoms with Crippen LogP contribution in [0.1, 0.15) is 39.2 Å². The van der Waals surface area contributed by atoms with Crippen molar-refractivity contribution in [3.05, 3.63) is 53.2 Å². The number of carboxylic acid groups (broad SMARTS) is 1. The lowest BCUT2D eigenvalue weighted by molar-refractivity contribution is -0.141. The van der Waals surface area contributed by atoms with E-state index in [1.807, 2.05) is 6.92 Å². The molecule has 4 amide bonds. The van der Waals surface area contributed by atoms with Gasteiger partial charge in [0.1, 0.15) is 6.54 Å². The van der Waals surface area contributed by atoms with Crippen LogP contribution in [-0.2, 0) is 31.0 Å². The minimum absolute atomic E-state index is 0.00170. The molecule has 2 aliphatic heterocycles. The molecule has 0 radical (unpaired) electrons. The molecular weight excluding hydrogens is 649 g/mol. The summed E-state index contributed by atoms with van der Waals surface area (Å²) in [5.74, 6) is 0.0768. The number of alkyl halides is 3. The first-order valence-corrected chi connectivity index (χ1v) is 15.5. The Kier molecular flexibility index (Phi) is 10.2. The molecule has 4 N–H and O–H groups in total. The van der Waals surface area contributed by atoms with Crippen LogP contribution in [0.2, 0.25) is 0 Å². The highest BCUT2D eigenvalue weighted by atomic mass is 19.4. The molecule has 1 saturated carbocycles. The minimum atomic E-state index is -4.78. The number of amides is 4. The number of imidazole rings is 1. The van der Waals surface area contributed by atoms with Crippen LogP contribution < -0.4 is 16.0 Å². The number of nitriles is 1. The largest absolute Gasteiger partial charge is 0.483 e. The van der Waals surface area contributed by atoms with E-state index in [4.69, 9.17) is 15.2 Å². The van der Waals surface area contributed by atoms with Crippen molar-refractivity contribution in [1.82, 2.24) is 39.8 Å².